The van der Waals surface area contributed by atoms with Crippen LogP contribution >= 0.6 is 0 Å². The van der Waals surface area contributed by atoms with Crippen molar-refractivity contribution < 1.29 is 5.11 Å². The number of aliphatic hydroxyl groups is 1. The molecule has 0 aromatic carbocycles. The SMILES string of the molecule is CCCC(O)CNCc1nc[nH]c1C. The molecule has 0 fully saturated rings. The van der Waals surface area contributed by atoms with Crippen LogP contribution in [-0.4, -0.2) is 27.7 Å². The van der Waals surface area contributed by atoms with Crippen LogP contribution in [0.5, 0.6) is 0 Å². The van der Waals surface area contributed by atoms with Crippen LogP contribution < -0.4 is 5.32 Å². The fourth-order valence-corrected chi connectivity index (χ4v) is 1.36. The lowest BCUT2D eigenvalue weighted by Crippen LogP contribution is -2.26. The fourth-order valence-electron chi connectivity index (χ4n) is 1.36. The van der Waals surface area contributed by atoms with Gasteiger partial charge in [0.2, 0.25) is 0 Å². The van der Waals surface area contributed by atoms with Gasteiger partial charge < -0.3 is 15.4 Å². The Kier molecular flexibility index (Phi) is 4.62. The summed E-state index contributed by atoms with van der Waals surface area (Å²) in [6, 6.07) is 0. The molecule has 80 valence electrons. The molecule has 4 nitrogen and oxygen atoms in total. The first kappa shape index (κ1) is 11.2. The van der Waals surface area contributed by atoms with E-state index < -0.39 is 0 Å². The lowest BCUT2D eigenvalue weighted by atomic mass is 10.2. The minimum absolute atomic E-state index is 0.237. The third kappa shape index (κ3) is 3.47. The summed E-state index contributed by atoms with van der Waals surface area (Å²) < 4.78 is 0. The third-order valence-electron chi connectivity index (χ3n) is 2.23. The van der Waals surface area contributed by atoms with Crippen LogP contribution in [0.25, 0.3) is 0 Å². The van der Waals surface area contributed by atoms with Crippen LogP contribution in [-0.2, 0) is 6.54 Å². The van der Waals surface area contributed by atoms with Gasteiger partial charge in [-0.05, 0) is 13.3 Å². The molecule has 0 bridgehead atoms. The Labute approximate surface area is 84.8 Å². The molecule has 0 saturated heterocycles. The highest BCUT2D eigenvalue weighted by Crippen LogP contribution is 2.00. The molecular weight excluding hydrogens is 178 g/mol. The molecule has 1 atom stereocenters. The van der Waals surface area contributed by atoms with Crippen molar-refractivity contribution >= 4 is 0 Å². The van der Waals surface area contributed by atoms with Crippen molar-refractivity contribution in [2.45, 2.75) is 39.3 Å². The van der Waals surface area contributed by atoms with E-state index >= 15 is 0 Å². The van der Waals surface area contributed by atoms with E-state index in [-0.39, 0.29) is 6.10 Å². The zero-order valence-electron chi connectivity index (χ0n) is 8.88. The number of rotatable bonds is 6. The normalized spacial score (nSPS) is 13.1. The average molecular weight is 197 g/mol. The highest BCUT2D eigenvalue weighted by molar-refractivity contribution is 5.07. The minimum atomic E-state index is -0.237. The van der Waals surface area contributed by atoms with Crippen LogP contribution in [0, 0.1) is 6.92 Å². The third-order valence-corrected chi connectivity index (χ3v) is 2.23. The summed E-state index contributed by atoms with van der Waals surface area (Å²) in [5, 5.41) is 12.6. The number of imidazole rings is 1. The predicted octanol–water partition coefficient (Wildman–Crippen LogP) is 0.969. The summed E-state index contributed by atoms with van der Waals surface area (Å²) in [6.07, 6.45) is 3.32. The van der Waals surface area contributed by atoms with Gasteiger partial charge in [0.15, 0.2) is 0 Å². The highest BCUT2D eigenvalue weighted by Gasteiger charge is 2.03. The maximum atomic E-state index is 9.46. The summed E-state index contributed by atoms with van der Waals surface area (Å²) in [4.78, 5) is 7.18. The van der Waals surface area contributed by atoms with Crippen LogP contribution in [0.1, 0.15) is 31.2 Å². The van der Waals surface area contributed by atoms with Gasteiger partial charge in [-0.3, -0.25) is 0 Å². The molecule has 14 heavy (non-hydrogen) atoms. The standard InChI is InChI=1S/C10H19N3O/c1-3-4-9(14)5-11-6-10-8(2)12-7-13-10/h7,9,11,14H,3-6H2,1-2H3,(H,12,13). The predicted molar refractivity (Wildman–Crippen MR) is 55.9 cm³/mol. The molecule has 1 aromatic rings. The fraction of sp³-hybridized carbons (Fsp3) is 0.700. The van der Waals surface area contributed by atoms with Gasteiger partial charge >= 0.3 is 0 Å². The number of hydrogen-bond acceptors (Lipinski definition) is 3. The molecule has 4 heteroatoms. The number of aromatic amines is 1. The maximum Gasteiger partial charge on any atom is 0.0925 e. The Balaban J connectivity index is 2.19. The maximum absolute atomic E-state index is 9.46. The largest absolute Gasteiger partial charge is 0.392 e. The van der Waals surface area contributed by atoms with Crippen LogP contribution in [0.2, 0.25) is 0 Å². The van der Waals surface area contributed by atoms with E-state index in [0.29, 0.717) is 6.54 Å². The molecule has 1 rings (SSSR count). The van der Waals surface area contributed by atoms with Crippen molar-refractivity contribution in [3.63, 3.8) is 0 Å². The zero-order valence-corrected chi connectivity index (χ0v) is 8.88. The number of aryl methyl sites for hydroxylation is 1. The number of nitrogens with zero attached hydrogens (tertiary/aromatic N) is 1. The van der Waals surface area contributed by atoms with Gasteiger partial charge in [-0.2, -0.15) is 0 Å². The molecule has 0 aliphatic rings. The van der Waals surface area contributed by atoms with E-state index in [1.54, 1.807) is 6.33 Å². The Bertz CT molecular complexity index is 260. The zero-order chi connectivity index (χ0) is 10.4. The summed E-state index contributed by atoms with van der Waals surface area (Å²) >= 11 is 0. The van der Waals surface area contributed by atoms with Gasteiger partial charge in [0.05, 0.1) is 18.1 Å². The summed E-state index contributed by atoms with van der Waals surface area (Å²) in [5.74, 6) is 0. The second-order valence-electron chi connectivity index (χ2n) is 3.55. The molecule has 0 aliphatic heterocycles. The molecule has 0 saturated carbocycles. The Morgan fingerprint density at radius 3 is 3.00 bits per heavy atom. The van der Waals surface area contributed by atoms with E-state index in [0.717, 1.165) is 30.8 Å². The van der Waals surface area contributed by atoms with Crippen molar-refractivity contribution in [2.24, 2.45) is 0 Å². The molecule has 0 radical (unpaired) electrons. The topological polar surface area (TPSA) is 60.9 Å². The van der Waals surface area contributed by atoms with Gasteiger partial charge in [-0.25, -0.2) is 4.98 Å². The number of nitrogens with one attached hydrogen (secondary N) is 2. The van der Waals surface area contributed by atoms with Crippen molar-refractivity contribution in [2.75, 3.05) is 6.54 Å². The second-order valence-corrected chi connectivity index (χ2v) is 3.55. The van der Waals surface area contributed by atoms with Gasteiger partial charge in [-0.1, -0.05) is 13.3 Å². The van der Waals surface area contributed by atoms with Gasteiger partial charge in [0.1, 0.15) is 0 Å². The number of H-pyrrole nitrogens is 1. The average Bonchev–Trinajstić information content (AvgIpc) is 2.52. The first-order valence-electron chi connectivity index (χ1n) is 5.11. The van der Waals surface area contributed by atoms with E-state index in [4.69, 9.17) is 0 Å². The van der Waals surface area contributed by atoms with E-state index in [2.05, 4.69) is 22.2 Å². The van der Waals surface area contributed by atoms with Gasteiger partial charge in [0, 0.05) is 18.8 Å². The second kappa shape index (κ2) is 5.78. The van der Waals surface area contributed by atoms with Crippen molar-refractivity contribution in [1.29, 1.82) is 0 Å². The number of hydrogen-bond donors (Lipinski definition) is 3. The molecular formula is C10H19N3O. The molecule has 1 heterocycles. The Morgan fingerprint density at radius 1 is 1.64 bits per heavy atom. The van der Waals surface area contributed by atoms with Crippen molar-refractivity contribution in [3.8, 4) is 0 Å². The molecule has 1 aromatic heterocycles. The molecule has 0 amide bonds. The summed E-state index contributed by atoms with van der Waals surface area (Å²) in [5.41, 5.74) is 2.11. The molecule has 0 spiro atoms. The van der Waals surface area contributed by atoms with E-state index in [1.165, 1.54) is 0 Å². The van der Waals surface area contributed by atoms with Gasteiger partial charge in [0.25, 0.3) is 0 Å². The molecule has 3 N–H and O–H groups in total. The van der Waals surface area contributed by atoms with Crippen LogP contribution in [0.15, 0.2) is 6.33 Å². The van der Waals surface area contributed by atoms with E-state index in [1.807, 2.05) is 6.92 Å². The minimum Gasteiger partial charge on any atom is -0.392 e. The Hall–Kier alpha value is -0.870. The van der Waals surface area contributed by atoms with E-state index in [9.17, 15) is 5.11 Å². The van der Waals surface area contributed by atoms with Crippen LogP contribution in [0.3, 0.4) is 0 Å². The lowest BCUT2D eigenvalue weighted by molar-refractivity contribution is 0.160. The first-order valence-corrected chi connectivity index (χ1v) is 5.11. The molecule has 1 unspecified atom stereocenters. The number of aromatic nitrogens is 2. The van der Waals surface area contributed by atoms with Gasteiger partial charge in [-0.15, -0.1) is 0 Å². The van der Waals surface area contributed by atoms with Crippen molar-refractivity contribution in [1.82, 2.24) is 15.3 Å². The van der Waals surface area contributed by atoms with Crippen molar-refractivity contribution in [3.05, 3.63) is 17.7 Å². The monoisotopic (exact) mass is 197 g/mol. The highest BCUT2D eigenvalue weighted by atomic mass is 16.3. The first-order chi connectivity index (χ1) is 6.74. The van der Waals surface area contributed by atoms with Crippen LogP contribution in [0.4, 0.5) is 0 Å². The summed E-state index contributed by atoms with van der Waals surface area (Å²) in [7, 11) is 0. The summed E-state index contributed by atoms with van der Waals surface area (Å²) in [6.45, 7) is 5.42. The quantitative estimate of drug-likeness (QED) is 0.637. The molecule has 0 aliphatic carbocycles. The smallest absolute Gasteiger partial charge is 0.0925 e. The Morgan fingerprint density at radius 2 is 2.43 bits per heavy atom. The number of aliphatic hydroxyl groups excluding tert-OH is 1. The lowest BCUT2D eigenvalue weighted by Gasteiger charge is -2.09.